The van der Waals surface area contributed by atoms with E-state index >= 15 is 0 Å². The zero-order chi connectivity index (χ0) is 31.3. The number of nitrogens with zero attached hydrogens (tertiary/aromatic N) is 2. The number of hydrogen-bond donors (Lipinski definition) is 0. The molecule has 8 aromatic carbocycles. The fraction of sp³-hybridized carbons (Fsp3) is 0. The SMILES string of the molecule is c1cc(-c2nc3ccccc3c3c4ccccc4c4ccccc4c23)cc(-n2c3ccccc3c3cc4c(cc32)oc2ccccc24)c1. The fourth-order valence-corrected chi connectivity index (χ4v) is 8.09. The molecule has 11 rings (SSSR count). The molecule has 0 fully saturated rings. The molecule has 222 valence electrons. The summed E-state index contributed by atoms with van der Waals surface area (Å²) in [7, 11) is 0. The van der Waals surface area contributed by atoms with Crippen LogP contribution in [-0.4, -0.2) is 9.55 Å². The van der Waals surface area contributed by atoms with Gasteiger partial charge in [-0.25, -0.2) is 4.98 Å². The summed E-state index contributed by atoms with van der Waals surface area (Å²) in [5, 5.41) is 13.3. The first kappa shape index (κ1) is 25.7. The van der Waals surface area contributed by atoms with Crippen LogP contribution in [0.3, 0.4) is 0 Å². The summed E-state index contributed by atoms with van der Waals surface area (Å²) in [6.45, 7) is 0. The molecule has 0 aliphatic heterocycles. The van der Waals surface area contributed by atoms with Gasteiger partial charge < -0.3 is 8.98 Å². The lowest BCUT2D eigenvalue weighted by Gasteiger charge is -2.17. The molecule has 3 heterocycles. The molecule has 0 saturated heterocycles. The summed E-state index contributed by atoms with van der Waals surface area (Å²) in [6, 6.07) is 56.5. The number of furan rings is 1. The van der Waals surface area contributed by atoms with Crippen molar-refractivity contribution in [1.29, 1.82) is 0 Å². The topological polar surface area (TPSA) is 31.0 Å². The minimum atomic E-state index is 0.893. The first-order valence-corrected chi connectivity index (χ1v) is 16.4. The number of rotatable bonds is 2. The van der Waals surface area contributed by atoms with E-state index in [2.05, 4.69) is 150 Å². The van der Waals surface area contributed by atoms with Gasteiger partial charge in [-0.2, -0.15) is 0 Å². The van der Waals surface area contributed by atoms with Crippen molar-refractivity contribution in [2.45, 2.75) is 0 Å². The number of para-hydroxylation sites is 3. The van der Waals surface area contributed by atoms with Crippen molar-refractivity contribution in [3.05, 3.63) is 158 Å². The van der Waals surface area contributed by atoms with Crippen molar-refractivity contribution < 1.29 is 4.42 Å². The Morgan fingerprint density at radius 3 is 1.85 bits per heavy atom. The van der Waals surface area contributed by atoms with Crippen molar-refractivity contribution in [3.63, 3.8) is 0 Å². The van der Waals surface area contributed by atoms with Gasteiger partial charge in [-0.15, -0.1) is 0 Å². The van der Waals surface area contributed by atoms with E-state index in [4.69, 9.17) is 9.40 Å². The molecule has 0 amide bonds. The highest BCUT2D eigenvalue weighted by Gasteiger charge is 2.20. The van der Waals surface area contributed by atoms with E-state index in [1.807, 2.05) is 12.1 Å². The van der Waals surface area contributed by atoms with Gasteiger partial charge in [0, 0.05) is 55.0 Å². The lowest BCUT2D eigenvalue weighted by molar-refractivity contribution is 0.669. The molecule has 0 N–H and O–H groups in total. The Labute approximate surface area is 274 Å². The zero-order valence-electron chi connectivity index (χ0n) is 25.8. The van der Waals surface area contributed by atoms with Crippen LogP contribution >= 0.6 is 0 Å². The molecule has 11 aromatic rings. The van der Waals surface area contributed by atoms with Gasteiger partial charge in [-0.1, -0.05) is 115 Å². The van der Waals surface area contributed by atoms with Crippen LogP contribution < -0.4 is 0 Å². The van der Waals surface area contributed by atoms with Crippen LogP contribution in [0.15, 0.2) is 162 Å². The number of benzene rings is 8. The molecule has 3 heteroatoms. The quantitative estimate of drug-likeness (QED) is 0.182. The number of hydrogen-bond acceptors (Lipinski definition) is 2. The number of aromatic nitrogens is 2. The highest BCUT2D eigenvalue weighted by molar-refractivity contribution is 6.33. The van der Waals surface area contributed by atoms with Crippen molar-refractivity contribution in [3.8, 4) is 16.9 Å². The highest BCUT2D eigenvalue weighted by Crippen LogP contribution is 2.44. The normalized spacial score (nSPS) is 12.2. The molecular formula is C45H26N2O. The van der Waals surface area contributed by atoms with Crippen LogP contribution in [0.1, 0.15) is 0 Å². The van der Waals surface area contributed by atoms with Crippen LogP contribution in [0.5, 0.6) is 0 Å². The van der Waals surface area contributed by atoms with Crippen molar-refractivity contribution >= 4 is 87.0 Å². The smallest absolute Gasteiger partial charge is 0.137 e. The maximum absolute atomic E-state index is 6.38. The van der Waals surface area contributed by atoms with Gasteiger partial charge in [0.05, 0.1) is 22.2 Å². The van der Waals surface area contributed by atoms with E-state index in [9.17, 15) is 0 Å². The predicted octanol–water partition coefficient (Wildman–Crippen LogP) is 12.4. The zero-order valence-corrected chi connectivity index (χ0v) is 25.8. The summed E-state index contributed by atoms with van der Waals surface area (Å²) < 4.78 is 8.75. The third-order valence-electron chi connectivity index (χ3n) is 10.1. The summed E-state index contributed by atoms with van der Waals surface area (Å²) >= 11 is 0. The van der Waals surface area contributed by atoms with E-state index in [1.54, 1.807) is 0 Å². The predicted molar refractivity (Wildman–Crippen MR) is 201 cm³/mol. The van der Waals surface area contributed by atoms with E-state index in [-0.39, 0.29) is 0 Å². The van der Waals surface area contributed by atoms with Gasteiger partial charge >= 0.3 is 0 Å². The molecule has 0 unspecified atom stereocenters. The molecule has 0 radical (unpaired) electrons. The minimum absolute atomic E-state index is 0.893. The third-order valence-corrected chi connectivity index (χ3v) is 10.1. The van der Waals surface area contributed by atoms with E-state index in [0.29, 0.717) is 0 Å². The molecule has 48 heavy (non-hydrogen) atoms. The monoisotopic (exact) mass is 610 g/mol. The first-order valence-electron chi connectivity index (χ1n) is 16.4. The van der Waals surface area contributed by atoms with Crippen molar-refractivity contribution in [1.82, 2.24) is 9.55 Å². The maximum atomic E-state index is 6.38. The van der Waals surface area contributed by atoms with Crippen LogP contribution in [0.25, 0.3) is 104 Å². The standard InChI is InChI=1S/C45H26N2O/c1-3-18-33-29(14-1)30-15-2-4-19-34(30)44-43(33)35-20-5-8-21-38(35)46-45(44)27-12-11-13-28(24-27)47-39-22-9-6-16-31(39)36-25-37-32-17-7-10-23-41(32)48-42(37)26-40(36)47/h1-26H. The van der Waals surface area contributed by atoms with Gasteiger partial charge in [0.1, 0.15) is 11.2 Å². The van der Waals surface area contributed by atoms with E-state index in [0.717, 1.165) is 55.4 Å². The van der Waals surface area contributed by atoms with Crippen LogP contribution in [0.2, 0.25) is 0 Å². The summed E-state index contributed by atoms with van der Waals surface area (Å²) in [5.41, 5.74) is 8.24. The average molecular weight is 611 g/mol. The van der Waals surface area contributed by atoms with Gasteiger partial charge in [-0.3, -0.25) is 0 Å². The van der Waals surface area contributed by atoms with Crippen LogP contribution in [0, 0.1) is 0 Å². The van der Waals surface area contributed by atoms with Gasteiger partial charge in [-0.05, 0) is 57.9 Å². The second kappa shape index (κ2) is 9.54. The minimum Gasteiger partial charge on any atom is -0.456 e. The van der Waals surface area contributed by atoms with E-state index < -0.39 is 0 Å². The molecule has 0 aliphatic rings. The molecule has 0 aliphatic carbocycles. The third kappa shape index (κ3) is 3.45. The van der Waals surface area contributed by atoms with E-state index in [1.165, 1.54) is 48.5 Å². The Morgan fingerprint density at radius 2 is 1.04 bits per heavy atom. The summed E-state index contributed by atoms with van der Waals surface area (Å²) in [5.74, 6) is 0. The van der Waals surface area contributed by atoms with Crippen LogP contribution in [-0.2, 0) is 0 Å². The van der Waals surface area contributed by atoms with Gasteiger partial charge in [0.25, 0.3) is 0 Å². The number of fused-ring (bicyclic) bond motifs is 14. The molecule has 3 aromatic heterocycles. The largest absolute Gasteiger partial charge is 0.456 e. The molecule has 0 atom stereocenters. The molecule has 0 bridgehead atoms. The number of pyridine rings is 1. The lowest BCUT2D eigenvalue weighted by Crippen LogP contribution is -1.96. The second-order valence-corrected chi connectivity index (χ2v) is 12.7. The molecular weight excluding hydrogens is 585 g/mol. The average Bonchev–Trinajstić information content (AvgIpc) is 3.68. The van der Waals surface area contributed by atoms with Crippen molar-refractivity contribution in [2.75, 3.05) is 0 Å². The Morgan fingerprint density at radius 1 is 0.396 bits per heavy atom. The Balaban J connectivity index is 1.25. The Hall–Kier alpha value is -6.45. The first-order chi connectivity index (χ1) is 23.8. The fourth-order valence-electron chi connectivity index (χ4n) is 8.09. The molecule has 3 nitrogen and oxygen atoms in total. The highest BCUT2D eigenvalue weighted by atomic mass is 16.3. The van der Waals surface area contributed by atoms with Crippen molar-refractivity contribution in [2.24, 2.45) is 0 Å². The van der Waals surface area contributed by atoms with Crippen LogP contribution in [0.4, 0.5) is 0 Å². The molecule has 0 saturated carbocycles. The maximum Gasteiger partial charge on any atom is 0.137 e. The Kier molecular flexibility index (Phi) is 5.11. The van der Waals surface area contributed by atoms with Gasteiger partial charge in [0.15, 0.2) is 0 Å². The summed E-state index contributed by atoms with van der Waals surface area (Å²) in [4.78, 5) is 5.42. The van der Waals surface area contributed by atoms with Gasteiger partial charge in [0.2, 0.25) is 0 Å². The Bertz CT molecular complexity index is 3130. The summed E-state index contributed by atoms with van der Waals surface area (Å²) in [6.07, 6.45) is 0. The molecule has 0 spiro atoms. The second-order valence-electron chi connectivity index (χ2n) is 12.7. The lowest BCUT2D eigenvalue weighted by atomic mass is 9.90.